The van der Waals surface area contributed by atoms with E-state index < -0.39 is 0 Å². The summed E-state index contributed by atoms with van der Waals surface area (Å²) >= 11 is 0. The number of benzene rings is 7. The highest BCUT2D eigenvalue weighted by atomic mass is 15.1. The Kier molecular flexibility index (Phi) is 5.76. The molecule has 0 N–H and O–H groups in total. The van der Waals surface area contributed by atoms with Crippen LogP contribution in [0.3, 0.4) is 0 Å². The van der Waals surface area contributed by atoms with Crippen molar-refractivity contribution in [3.8, 4) is 33.4 Å². The van der Waals surface area contributed by atoms with E-state index >= 15 is 0 Å². The van der Waals surface area contributed by atoms with Crippen molar-refractivity contribution in [2.24, 2.45) is 0 Å². The second-order valence-electron chi connectivity index (χ2n) is 11.8. The molecule has 2 heterocycles. The van der Waals surface area contributed by atoms with E-state index in [1.54, 1.807) is 0 Å². The lowest BCUT2D eigenvalue weighted by atomic mass is 9.94. The second kappa shape index (κ2) is 10.1. The molecule has 2 aromatic heterocycles. The highest BCUT2D eigenvalue weighted by Gasteiger charge is 2.20. The van der Waals surface area contributed by atoms with Crippen LogP contribution < -0.4 is 4.90 Å². The summed E-state index contributed by atoms with van der Waals surface area (Å²) in [7, 11) is 2.19. The first kappa shape index (κ1) is 25.6. The molecule has 9 rings (SSSR count). The third kappa shape index (κ3) is 3.96. The van der Waals surface area contributed by atoms with E-state index in [1.165, 1.54) is 77.2 Å². The van der Waals surface area contributed by atoms with Crippen LogP contribution in [0.1, 0.15) is 0 Å². The Morgan fingerprint density at radius 3 is 1.69 bits per heavy atom. The molecule has 0 amide bonds. The standard InChI is InChI=1S/C43H30N2/c1-44(33-25-22-30(23-26-33)29-12-4-2-5-13-29)42-34(31-14-6-3-7-15-31)17-10-18-35(42)32-24-27-41-39(28-32)38-20-11-19-37-36-16-8-9-21-40(36)45(41)43(37)38/h2-28H,1H3. The van der Waals surface area contributed by atoms with Gasteiger partial charge in [-0.25, -0.2) is 0 Å². The quantitative estimate of drug-likeness (QED) is 0.198. The predicted molar refractivity (Wildman–Crippen MR) is 192 cm³/mol. The van der Waals surface area contributed by atoms with E-state index in [2.05, 4.69) is 180 Å². The number of rotatable bonds is 5. The Bertz CT molecular complexity index is 2470. The summed E-state index contributed by atoms with van der Waals surface area (Å²) in [4.78, 5) is 2.34. The Balaban J connectivity index is 1.25. The van der Waals surface area contributed by atoms with Gasteiger partial charge in [0.25, 0.3) is 0 Å². The fourth-order valence-corrected chi connectivity index (χ4v) is 7.23. The molecular weight excluding hydrogens is 544 g/mol. The molecule has 0 saturated heterocycles. The van der Waals surface area contributed by atoms with Gasteiger partial charge in [0.05, 0.1) is 22.2 Å². The van der Waals surface area contributed by atoms with Crippen molar-refractivity contribution in [3.05, 3.63) is 164 Å². The highest BCUT2D eigenvalue weighted by molar-refractivity contribution is 6.23. The van der Waals surface area contributed by atoms with Crippen LogP contribution in [-0.2, 0) is 0 Å². The SMILES string of the molecule is CN(c1ccc(-c2ccccc2)cc1)c1c(-c2ccccc2)cccc1-c1ccc2c(c1)c1cccc3c4ccccc4n2c31. The van der Waals surface area contributed by atoms with Crippen molar-refractivity contribution >= 4 is 49.5 Å². The summed E-state index contributed by atoms with van der Waals surface area (Å²) in [6, 6.07) is 59.4. The summed E-state index contributed by atoms with van der Waals surface area (Å²) in [5.74, 6) is 0. The van der Waals surface area contributed by atoms with E-state index in [0.717, 1.165) is 5.69 Å². The molecule has 0 aliphatic rings. The van der Waals surface area contributed by atoms with E-state index in [9.17, 15) is 0 Å². The maximum Gasteiger partial charge on any atom is 0.0620 e. The van der Waals surface area contributed by atoms with Gasteiger partial charge in [0.2, 0.25) is 0 Å². The molecular formula is C43H30N2. The molecule has 0 aliphatic carbocycles. The zero-order valence-corrected chi connectivity index (χ0v) is 25.0. The van der Waals surface area contributed by atoms with Crippen molar-refractivity contribution in [1.29, 1.82) is 0 Å². The topological polar surface area (TPSA) is 7.65 Å². The van der Waals surface area contributed by atoms with Gasteiger partial charge in [0.15, 0.2) is 0 Å². The van der Waals surface area contributed by atoms with Gasteiger partial charge in [-0.05, 0) is 52.6 Å². The first-order chi connectivity index (χ1) is 22.3. The molecule has 9 aromatic rings. The second-order valence-corrected chi connectivity index (χ2v) is 11.8. The lowest BCUT2D eigenvalue weighted by molar-refractivity contribution is 1.21. The molecule has 7 aromatic carbocycles. The van der Waals surface area contributed by atoms with Crippen LogP contribution in [-0.4, -0.2) is 11.4 Å². The third-order valence-corrected chi connectivity index (χ3v) is 9.35. The first-order valence-corrected chi connectivity index (χ1v) is 15.5. The summed E-state index contributed by atoms with van der Waals surface area (Å²) in [6.45, 7) is 0. The lowest BCUT2D eigenvalue weighted by Crippen LogP contribution is -2.12. The van der Waals surface area contributed by atoms with Crippen LogP contribution >= 0.6 is 0 Å². The van der Waals surface area contributed by atoms with Gasteiger partial charge in [-0.3, -0.25) is 0 Å². The maximum atomic E-state index is 2.45. The average molecular weight is 575 g/mol. The smallest absolute Gasteiger partial charge is 0.0620 e. The minimum absolute atomic E-state index is 1.15. The van der Waals surface area contributed by atoms with Gasteiger partial charge in [-0.2, -0.15) is 0 Å². The average Bonchev–Trinajstić information content (AvgIpc) is 3.64. The molecule has 0 unspecified atom stereocenters. The number of hydrogen-bond acceptors (Lipinski definition) is 1. The minimum Gasteiger partial charge on any atom is -0.344 e. The van der Waals surface area contributed by atoms with Crippen LogP contribution in [0.2, 0.25) is 0 Å². The van der Waals surface area contributed by atoms with E-state index in [-0.39, 0.29) is 0 Å². The van der Waals surface area contributed by atoms with Crippen molar-refractivity contribution in [3.63, 3.8) is 0 Å². The van der Waals surface area contributed by atoms with Crippen LogP contribution in [0.4, 0.5) is 11.4 Å². The Labute approximate surface area is 262 Å². The van der Waals surface area contributed by atoms with Crippen LogP contribution in [0, 0.1) is 0 Å². The van der Waals surface area contributed by atoms with Crippen LogP contribution in [0.5, 0.6) is 0 Å². The van der Waals surface area contributed by atoms with Gasteiger partial charge in [-0.15, -0.1) is 0 Å². The number of nitrogens with zero attached hydrogens (tertiary/aromatic N) is 2. The lowest BCUT2D eigenvalue weighted by Gasteiger charge is -2.26. The Hall–Kier alpha value is -5.86. The molecule has 45 heavy (non-hydrogen) atoms. The predicted octanol–water partition coefficient (Wildman–Crippen LogP) is 11.6. The molecule has 0 radical (unpaired) electrons. The zero-order valence-electron chi connectivity index (χ0n) is 25.0. The Morgan fingerprint density at radius 1 is 0.400 bits per heavy atom. The summed E-state index contributed by atoms with van der Waals surface area (Å²) in [6.07, 6.45) is 0. The molecule has 0 aliphatic heterocycles. The number of hydrogen-bond donors (Lipinski definition) is 0. The van der Waals surface area contributed by atoms with Gasteiger partial charge >= 0.3 is 0 Å². The highest BCUT2D eigenvalue weighted by Crippen LogP contribution is 2.45. The van der Waals surface area contributed by atoms with Crippen LogP contribution in [0.25, 0.3) is 71.5 Å². The number of anilines is 2. The molecule has 0 atom stereocenters. The van der Waals surface area contributed by atoms with Crippen molar-refractivity contribution in [2.75, 3.05) is 11.9 Å². The molecule has 2 heteroatoms. The molecule has 0 spiro atoms. The van der Waals surface area contributed by atoms with Gasteiger partial charge in [-0.1, -0.05) is 133 Å². The van der Waals surface area contributed by atoms with Gasteiger partial charge < -0.3 is 9.30 Å². The van der Waals surface area contributed by atoms with Gasteiger partial charge in [0, 0.05) is 45.4 Å². The third-order valence-electron chi connectivity index (χ3n) is 9.35. The van der Waals surface area contributed by atoms with Crippen LogP contribution in [0.15, 0.2) is 164 Å². The Morgan fingerprint density at radius 2 is 0.933 bits per heavy atom. The largest absolute Gasteiger partial charge is 0.344 e. The molecule has 2 nitrogen and oxygen atoms in total. The van der Waals surface area contributed by atoms with Crippen molar-refractivity contribution < 1.29 is 0 Å². The summed E-state index contributed by atoms with van der Waals surface area (Å²) < 4.78 is 2.45. The van der Waals surface area contributed by atoms with Gasteiger partial charge in [0.1, 0.15) is 0 Å². The normalized spacial score (nSPS) is 11.7. The maximum absolute atomic E-state index is 2.45. The van der Waals surface area contributed by atoms with Crippen molar-refractivity contribution in [2.45, 2.75) is 0 Å². The van der Waals surface area contributed by atoms with E-state index in [1.807, 2.05) is 0 Å². The van der Waals surface area contributed by atoms with E-state index in [0.29, 0.717) is 0 Å². The molecule has 0 saturated carbocycles. The van der Waals surface area contributed by atoms with Crippen molar-refractivity contribution in [1.82, 2.24) is 4.40 Å². The molecule has 212 valence electrons. The molecule has 0 bridgehead atoms. The summed E-state index contributed by atoms with van der Waals surface area (Å²) in [5, 5.41) is 5.20. The van der Waals surface area contributed by atoms with E-state index in [4.69, 9.17) is 0 Å². The molecule has 0 fully saturated rings. The number of fused-ring (bicyclic) bond motifs is 6. The fourth-order valence-electron chi connectivity index (χ4n) is 7.23. The number of aromatic nitrogens is 1. The zero-order chi connectivity index (χ0) is 29.9. The number of para-hydroxylation sites is 3. The monoisotopic (exact) mass is 574 g/mol. The fraction of sp³-hybridized carbons (Fsp3) is 0.0233. The summed E-state index contributed by atoms with van der Waals surface area (Å²) in [5.41, 5.74) is 13.4. The first-order valence-electron chi connectivity index (χ1n) is 15.5. The minimum atomic E-state index is 1.15.